The molecule has 0 N–H and O–H groups in total. The third kappa shape index (κ3) is 2.16. The number of methoxy groups -OCH3 is 1. The Hall–Kier alpha value is -0.390. The highest BCUT2D eigenvalue weighted by Crippen LogP contribution is 2.48. The highest BCUT2D eigenvalue weighted by atomic mass is 31.1. The van der Waals surface area contributed by atoms with E-state index in [2.05, 4.69) is 30.3 Å². The Bertz CT molecular complexity index is 273. The molecule has 0 aromatic heterocycles. The Labute approximate surface area is 87.2 Å². The van der Waals surface area contributed by atoms with Crippen molar-refractivity contribution in [3.8, 4) is 0 Å². The molecule has 0 amide bonds. The van der Waals surface area contributed by atoms with Crippen LogP contribution in [0.2, 0.25) is 0 Å². The van der Waals surface area contributed by atoms with Crippen LogP contribution in [0.15, 0.2) is 30.3 Å². The van der Waals surface area contributed by atoms with Gasteiger partial charge in [-0.05, 0) is 24.3 Å². The quantitative estimate of drug-likeness (QED) is 0.694. The zero-order valence-corrected chi connectivity index (χ0v) is 9.54. The molecule has 0 bridgehead atoms. The van der Waals surface area contributed by atoms with Gasteiger partial charge in [-0.3, -0.25) is 0 Å². The molecule has 2 atom stereocenters. The smallest absolute Gasteiger partial charge is 0.0532 e. The van der Waals surface area contributed by atoms with E-state index >= 15 is 0 Å². The van der Waals surface area contributed by atoms with Gasteiger partial charge in [0.05, 0.1) is 6.61 Å². The van der Waals surface area contributed by atoms with Crippen molar-refractivity contribution in [1.82, 2.24) is 0 Å². The van der Waals surface area contributed by atoms with E-state index in [0.29, 0.717) is 0 Å². The zero-order valence-electron chi connectivity index (χ0n) is 8.65. The molecule has 1 aliphatic heterocycles. The van der Waals surface area contributed by atoms with Gasteiger partial charge in [-0.1, -0.05) is 38.3 Å². The molecule has 1 fully saturated rings. The van der Waals surface area contributed by atoms with Crippen molar-refractivity contribution >= 4 is 13.2 Å². The second-order valence-corrected chi connectivity index (χ2v) is 6.41. The summed E-state index contributed by atoms with van der Waals surface area (Å²) in [5.74, 6) is 0. The second kappa shape index (κ2) is 4.91. The average molecular weight is 208 g/mol. The highest BCUT2D eigenvalue weighted by Gasteiger charge is 2.27. The van der Waals surface area contributed by atoms with Crippen molar-refractivity contribution in [1.29, 1.82) is 0 Å². The predicted octanol–water partition coefficient (Wildman–Crippen LogP) is 2.60. The van der Waals surface area contributed by atoms with Crippen molar-refractivity contribution in [2.24, 2.45) is 0 Å². The largest absolute Gasteiger partial charge is 0.384 e. The number of hydrogen-bond donors (Lipinski definition) is 0. The molecule has 1 heterocycles. The van der Waals surface area contributed by atoms with Crippen LogP contribution in [-0.2, 0) is 4.74 Å². The van der Waals surface area contributed by atoms with E-state index in [1.165, 1.54) is 19.0 Å². The number of rotatable bonds is 3. The minimum Gasteiger partial charge on any atom is -0.384 e. The standard InChI is InChI=1S/C12H17OP/c1-13-10-12-8-5-9-14(12)11-6-3-2-4-7-11/h2-4,6-7,12H,5,8-10H2,1H3/t12-,14-/m1/s1. The van der Waals surface area contributed by atoms with Gasteiger partial charge in [0.15, 0.2) is 0 Å². The molecule has 0 spiro atoms. The van der Waals surface area contributed by atoms with E-state index in [1.807, 2.05) is 7.11 Å². The summed E-state index contributed by atoms with van der Waals surface area (Å²) in [5, 5.41) is 1.56. The van der Waals surface area contributed by atoms with Crippen molar-refractivity contribution in [3.05, 3.63) is 30.3 Å². The Morgan fingerprint density at radius 2 is 2.14 bits per heavy atom. The molecule has 2 heteroatoms. The Balaban J connectivity index is 2.10. The van der Waals surface area contributed by atoms with Crippen LogP contribution in [0.25, 0.3) is 0 Å². The van der Waals surface area contributed by atoms with E-state index in [9.17, 15) is 0 Å². The van der Waals surface area contributed by atoms with Gasteiger partial charge in [0.25, 0.3) is 0 Å². The summed E-state index contributed by atoms with van der Waals surface area (Å²) in [6.45, 7) is 0.945. The SMILES string of the molecule is COC[C@H]1CCC[P@]1c1ccccc1. The fourth-order valence-electron chi connectivity index (χ4n) is 2.16. The first-order chi connectivity index (χ1) is 6.92. The van der Waals surface area contributed by atoms with Crippen LogP contribution in [0.3, 0.4) is 0 Å². The molecule has 2 rings (SSSR count). The first-order valence-corrected chi connectivity index (χ1v) is 6.82. The van der Waals surface area contributed by atoms with Crippen LogP contribution < -0.4 is 5.30 Å². The Kier molecular flexibility index (Phi) is 3.55. The maximum absolute atomic E-state index is 5.29. The summed E-state index contributed by atoms with van der Waals surface area (Å²) in [6, 6.07) is 11.0. The maximum atomic E-state index is 5.29. The lowest BCUT2D eigenvalue weighted by Gasteiger charge is -2.19. The van der Waals surface area contributed by atoms with Gasteiger partial charge >= 0.3 is 0 Å². The van der Waals surface area contributed by atoms with Gasteiger partial charge in [0, 0.05) is 12.8 Å². The number of ether oxygens (including phenoxy) is 1. The number of hydrogen-bond acceptors (Lipinski definition) is 1. The van der Waals surface area contributed by atoms with Crippen molar-refractivity contribution in [2.45, 2.75) is 18.5 Å². The summed E-state index contributed by atoms with van der Waals surface area (Å²) in [6.07, 6.45) is 4.14. The summed E-state index contributed by atoms with van der Waals surface area (Å²) in [4.78, 5) is 0. The van der Waals surface area contributed by atoms with E-state index in [-0.39, 0.29) is 7.92 Å². The molecule has 0 unspecified atom stereocenters. The molecule has 14 heavy (non-hydrogen) atoms. The third-order valence-electron chi connectivity index (χ3n) is 2.82. The van der Waals surface area contributed by atoms with Gasteiger partial charge in [-0.25, -0.2) is 0 Å². The Morgan fingerprint density at radius 1 is 1.36 bits per heavy atom. The van der Waals surface area contributed by atoms with Gasteiger partial charge in [0.1, 0.15) is 0 Å². The molecule has 1 aromatic rings. The van der Waals surface area contributed by atoms with E-state index in [0.717, 1.165) is 12.3 Å². The minimum absolute atomic E-state index is 0.0655. The predicted molar refractivity (Wildman–Crippen MR) is 62.8 cm³/mol. The van der Waals surface area contributed by atoms with Crippen LogP contribution in [-0.4, -0.2) is 25.5 Å². The average Bonchev–Trinajstić information content (AvgIpc) is 2.68. The lowest BCUT2D eigenvalue weighted by Crippen LogP contribution is -2.14. The van der Waals surface area contributed by atoms with E-state index < -0.39 is 0 Å². The van der Waals surface area contributed by atoms with Gasteiger partial charge in [-0.2, -0.15) is 0 Å². The van der Waals surface area contributed by atoms with Gasteiger partial charge < -0.3 is 4.74 Å². The summed E-state index contributed by atoms with van der Waals surface area (Å²) in [5.41, 5.74) is 0.803. The topological polar surface area (TPSA) is 9.23 Å². The van der Waals surface area contributed by atoms with Crippen molar-refractivity contribution in [2.75, 3.05) is 19.9 Å². The van der Waals surface area contributed by atoms with Crippen molar-refractivity contribution < 1.29 is 4.74 Å². The third-order valence-corrected chi connectivity index (χ3v) is 5.87. The monoisotopic (exact) mass is 208 g/mol. The Morgan fingerprint density at radius 3 is 2.86 bits per heavy atom. The van der Waals surface area contributed by atoms with E-state index in [1.54, 1.807) is 5.30 Å². The minimum atomic E-state index is 0.0655. The van der Waals surface area contributed by atoms with E-state index in [4.69, 9.17) is 4.74 Å². The lowest BCUT2D eigenvalue weighted by atomic mass is 10.3. The molecular weight excluding hydrogens is 191 g/mol. The maximum Gasteiger partial charge on any atom is 0.0532 e. The van der Waals surface area contributed by atoms with Crippen LogP contribution >= 0.6 is 7.92 Å². The molecular formula is C12H17OP. The molecule has 1 nitrogen and oxygen atoms in total. The molecule has 0 saturated carbocycles. The fourth-order valence-corrected chi connectivity index (χ4v) is 5.11. The zero-order chi connectivity index (χ0) is 9.80. The van der Waals surface area contributed by atoms with Crippen LogP contribution in [0.1, 0.15) is 12.8 Å². The normalized spacial score (nSPS) is 26.6. The second-order valence-electron chi connectivity index (χ2n) is 3.78. The van der Waals surface area contributed by atoms with Crippen molar-refractivity contribution in [3.63, 3.8) is 0 Å². The molecule has 1 aromatic carbocycles. The molecule has 1 aliphatic rings. The molecule has 76 valence electrons. The fraction of sp³-hybridized carbons (Fsp3) is 0.500. The summed E-state index contributed by atoms with van der Waals surface area (Å²) < 4.78 is 5.29. The van der Waals surface area contributed by atoms with Gasteiger partial charge in [0.2, 0.25) is 0 Å². The summed E-state index contributed by atoms with van der Waals surface area (Å²) in [7, 11) is 1.88. The molecule has 0 aliphatic carbocycles. The first-order valence-electron chi connectivity index (χ1n) is 5.22. The van der Waals surface area contributed by atoms with Crippen LogP contribution in [0, 0.1) is 0 Å². The van der Waals surface area contributed by atoms with Crippen LogP contribution in [0.5, 0.6) is 0 Å². The molecule has 1 saturated heterocycles. The number of benzene rings is 1. The highest BCUT2D eigenvalue weighted by molar-refractivity contribution is 7.66. The lowest BCUT2D eigenvalue weighted by molar-refractivity contribution is 0.197. The molecule has 0 radical (unpaired) electrons. The summed E-state index contributed by atoms with van der Waals surface area (Å²) >= 11 is 0. The van der Waals surface area contributed by atoms with Crippen LogP contribution in [0.4, 0.5) is 0 Å². The first kappa shape index (κ1) is 10.1. The van der Waals surface area contributed by atoms with Gasteiger partial charge in [-0.15, -0.1) is 0 Å².